The van der Waals surface area contributed by atoms with E-state index in [4.69, 9.17) is 16.7 Å². The second-order valence-electron chi connectivity index (χ2n) is 3.67. The van der Waals surface area contributed by atoms with Gasteiger partial charge in [0, 0.05) is 6.04 Å². The number of carboxylic acid groups (broad SMARTS) is 1. The summed E-state index contributed by atoms with van der Waals surface area (Å²) in [6.07, 6.45) is 1.70. The molecule has 2 rings (SSSR count). The van der Waals surface area contributed by atoms with Gasteiger partial charge in [0.15, 0.2) is 5.82 Å². The minimum absolute atomic E-state index is 0.175. The van der Waals surface area contributed by atoms with Crippen LogP contribution in [0.5, 0.6) is 0 Å². The summed E-state index contributed by atoms with van der Waals surface area (Å²) in [4.78, 5) is 27.7. The summed E-state index contributed by atoms with van der Waals surface area (Å²) < 4.78 is 0. The minimum atomic E-state index is -1.05. The lowest BCUT2D eigenvalue weighted by atomic mass is 10.3. The van der Waals surface area contributed by atoms with Crippen LogP contribution in [0.4, 0.5) is 5.82 Å². The molecule has 1 saturated carbocycles. The Kier molecular flexibility index (Phi) is 2.82. The zero-order chi connectivity index (χ0) is 11.7. The Morgan fingerprint density at radius 3 is 2.88 bits per heavy atom. The third-order valence-electron chi connectivity index (χ3n) is 2.19. The third kappa shape index (κ3) is 2.52. The molecule has 0 saturated heterocycles. The Morgan fingerprint density at radius 2 is 2.31 bits per heavy atom. The van der Waals surface area contributed by atoms with Crippen LogP contribution in [-0.4, -0.2) is 27.1 Å². The Labute approximate surface area is 95.7 Å². The van der Waals surface area contributed by atoms with Crippen molar-refractivity contribution in [3.8, 4) is 0 Å². The zero-order valence-corrected chi connectivity index (χ0v) is 9.04. The molecule has 7 heteroatoms. The number of carbonyl (C=O) groups is 1. The molecular formula is C9H10ClN3O3. The van der Waals surface area contributed by atoms with Gasteiger partial charge >= 0.3 is 11.7 Å². The molecular weight excluding hydrogens is 234 g/mol. The van der Waals surface area contributed by atoms with Gasteiger partial charge < -0.3 is 15.4 Å². The number of aromatic nitrogens is 2. The summed E-state index contributed by atoms with van der Waals surface area (Å²) >= 11 is 5.94. The van der Waals surface area contributed by atoms with Gasteiger partial charge in [0.2, 0.25) is 0 Å². The van der Waals surface area contributed by atoms with Crippen LogP contribution in [-0.2, 0) is 11.2 Å². The fourth-order valence-corrected chi connectivity index (χ4v) is 1.51. The molecule has 0 aliphatic heterocycles. The van der Waals surface area contributed by atoms with Crippen molar-refractivity contribution >= 4 is 23.4 Å². The highest BCUT2D eigenvalue weighted by atomic mass is 35.5. The van der Waals surface area contributed by atoms with E-state index in [1.165, 1.54) is 0 Å². The van der Waals surface area contributed by atoms with E-state index >= 15 is 0 Å². The lowest BCUT2D eigenvalue weighted by Gasteiger charge is -2.07. The van der Waals surface area contributed by atoms with Crippen molar-refractivity contribution in [3.63, 3.8) is 0 Å². The normalized spacial score (nSPS) is 14.8. The van der Waals surface area contributed by atoms with Crippen molar-refractivity contribution in [1.29, 1.82) is 0 Å². The first-order valence-corrected chi connectivity index (χ1v) is 5.21. The SMILES string of the molecule is O=C(O)Cc1[nH]c(=O)nc(NC2CC2)c1Cl. The Morgan fingerprint density at radius 1 is 1.62 bits per heavy atom. The number of carboxylic acids is 1. The molecule has 3 N–H and O–H groups in total. The third-order valence-corrected chi connectivity index (χ3v) is 2.60. The van der Waals surface area contributed by atoms with Crippen LogP contribution < -0.4 is 11.0 Å². The van der Waals surface area contributed by atoms with Crippen molar-refractivity contribution in [3.05, 3.63) is 21.2 Å². The number of nitrogens with zero attached hydrogens (tertiary/aromatic N) is 1. The Balaban J connectivity index is 2.32. The van der Waals surface area contributed by atoms with E-state index in [0.717, 1.165) is 12.8 Å². The maximum atomic E-state index is 11.2. The van der Waals surface area contributed by atoms with Crippen LogP contribution in [0.2, 0.25) is 5.02 Å². The van der Waals surface area contributed by atoms with Gasteiger partial charge in [-0.15, -0.1) is 0 Å². The van der Waals surface area contributed by atoms with Crippen LogP contribution in [0.1, 0.15) is 18.5 Å². The van der Waals surface area contributed by atoms with Gasteiger partial charge in [-0.25, -0.2) is 4.79 Å². The number of rotatable bonds is 4. The monoisotopic (exact) mass is 243 g/mol. The van der Waals surface area contributed by atoms with Crippen molar-refractivity contribution in [2.75, 3.05) is 5.32 Å². The molecule has 6 nitrogen and oxygen atoms in total. The number of aliphatic carboxylic acids is 1. The summed E-state index contributed by atoms with van der Waals surface area (Å²) in [6, 6.07) is 0.296. The lowest BCUT2D eigenvalue weighted by Crippen LogP contribution is -2.19. The molecule has 0 amide bonds. The summed E-state index contributed by atoms with van der Waals surface area (Å²) in [5.41, 5.74) is -0.416. The second kappa shape index (κ2) is 4.13. The molecule has 16 heavy (non-hydrogen) atoms. The first kappa shape index (κ1) is 10.9. The zero-order valence-electron chi connectivity index (χ0n) is 8.29. The quantitative estimate of drug-likeness (QED) is 0.721. The molecule has 1 aliphatic carbocycles. The van der Waals surface area contributed by atoms with Crippen molar-refractivity contribution in [1.82, 2.24) is 9.97 Å². The predicted octanol–water partition coefficient (Wildman–Crippen LogP) is 0.625. The first-order chi connectivity index (χ1) is 7.56. The number of halogens is 1. The smallest absolute Gasteiger partial charge is 0.347 e. The molecule has 1 aromatic rings. The van der Waals surface area contributed by atoms with E-state index in [0.29, 0.717) is 6.04 Å². The maximum Gasteiger partial charge on any atom is 0.347 e. The lowest BCUT2D eigenvalue weighted by molar-refractivity contribution is -0.136. The molecule has 0 atom stereocenters. The van der Waals surface area contributed by atoms with E-state index in [-0.39, 0.29) is 23.0 Å². The maximum absolute atomic E-state index is 11.2. The largest absolute Gasteiger partial charge is 0.481 e. The van der Waals surface area contributed by atoms with Gasteiger partial charge in [0.25, 0.3) is 0 Å². The van der Waals surface area contributed by atoms with E-state index < -0.39 is 11.7 Å². The highest BCUT2D eigenvalue weighted by Crippen LogP contribution is 2.28. The molecule has 1 aromatic heterocycles. The van der Waals surface area contributed by atoms with Gasteiger partial charge in [-0.05, 0) is 12.8 Å². The van der Waals surface area contributed by atoms with Gasteiger partial charge in [-0.3, -0.25) is 4.79 Å². The number of hydrogen-bond acceptors (Lipinski definition) is 4. The second-order valence-corrected chi connectivity index (χ2v) is 4.05. The molecule has 0 bridgehead atoms. The number of anilines is 1. The van der Waals surface area contributed by atoms with E-state index in [1.54, 1.807) is 0 Å². The van der Waals surface area contributed by atoms with E-state index in [1.807, 2.05) is 0 Å². The summed E-state index contributed by atoms with van der Waals surface area (Å²) in [6.45, 7) is 0. The fraction of sp³-hybridized carbons (Fsp3) is 0.444. The molecule has 0 unspecified atom stereocenters. The number of H-pyrrole nitrogens is 1. The summed E-state index contributed by atoms with van der Waals surface area (Å²) in [5, 5.41) is 11.8. The fourth-order valence-electron chi connectivity index (χ4n) is 1.30. The molecule has 86 valence electrons. The minimum Gasteiger partial charge on any atom is -0.481 e. The molecule has 1 aliphatic rings. The molecule has 1 heterocycles. The van der Waals surface area contributed by atoms with Crippen molar-refractivity contribution in [2.45, 2.75) is 25.3 Å². The molecule has 0 aromatic carbocycles. The van der Waals surface area contributed by atoms with Crippen LogP contribution in [0, 0.1) is 0 Å². The van der Waals surface area contributed by atoms with Gasteiger partial charge in [0.05, 0.1) is 12.1 Å². The standard InChI is InChI=1S/C9H10ClN3O3/c10-7-5(3-6(14)15)12-9(16)13-8(7)11-4-1-2-4/h4H,1-3H2,(H,14,15)(H2,11,12,13,16). The van der Waals surface area contributed by atoms with Crippen LogP contribution in [0.3, 0.4) is 0 Å². The van der Waals surface area contributed by atoms with Crippen molar-refractivity contribution < 1.29 is 9.90 Å². The molecule has 1 fully saturated rings. The first-order valence-electron chi connectivity index (χ1n) is 4.83. The number of aromatic amines is 1. The number of hydrogen-bond donors (Lipinski definition) is 3. The van der Waals surface area contributed by atoms with Gasteiger partial charge in [0.1, 0.15) is 5.02 Å². The van der Waals surface area contributed by atoms with Gasteiger partial charge in [-0.2, -0.15) is 4.98 Å². The molecule has 0 radical (unpaired) electrons. The van der Waals surface area contributed by atoms with E-state index in [2.05, 4.69) is 15.3 Å². The average Bonchev–Trinajstić information content (AvgIpc) is 2.96. The van der Waals surface area contributed by atoms with E-state index in [9.17, 15) is 9.59 Å². The van der Waals surface area contributed by atoms with Gasteiger partial charge in [-0.1, -0.05) is 11.6 Å². The summed E-state index contributed by atoms with van der Waals surface area (Å²) in [7, 11) is 0. The highest BCUT2D eigenvalue weighted by molar-refractivity contribution is 6.33. The van der Waals surface area contributed by atoms with Crippen LogP contribution >= 0.6 is 11.6 Å². The topological polar surface area (TPSA) is 95.1 Å². The van der Waals surface area contributed by atoms with Crippen molar-refractivity contribution in [2.24, 2.45) is 0 Å². The van der Waals surface area contributed by atoms with Crippen LogP contribution in [0.15, 0.2) is 4.79 Å². The van der Waals surface area contributed by atoms with Crippen LogP contribution in [0.25, 0.3) is 0 Å². The Hall–Kier alpha value is -1.56. The number of nitrogens with one attached hydrogen (secondary N) is 2. The Bertz CT molecular complexity index is 481. The highest BCUT2D eigenvalue weighted by Gasteiger charge is 2.23. The average molecular weight is 244 g/mol. The predicted molar refractivity (Wildman–Crippen MR) is 57.9 cm³/mol. The molecule has 0 spiro atoms. The summed E-state index contributed by atoms with van der Waals surface area (Å²) in [5.74, 6) is -0.787.